The predicted molar refractivity (Wildman–Crippen MR) is 85.5 cm³/mol. The quantitative estimate of drug-likeness (QED) is 0.944. The zero-order valence-electron chi connectivity index (χ0n) is 12.7. The van der Waals surface area contributed by atoms with Crippen LogP contribution in [0.1, 0.15) is 23.8 Å². The Morgan fingerprint density at radius 1 is 1.32 bits per heavy atom. The number of hydrogen-bond acceptors (Lipinski definition) is 3. The van der Waals surface area contributed by atoms with E-state index in [0.717, 1.165) is 24.0 Å². The summed E-state index contributed by atoms with van der Waals surface area (Å²) in [6.45, 7) is 5.15. The summed E-state index contributed by atoms with van der Waals surface area (Å²) in [5, 5.41) is 9.84. The number of fused-ring (bicyclic) bond motifs is 1. The van der Waals surface area contributed by atoms with Crippen molar-refractivity contribution in [1.29, 1.82) is 5.26 Å². The number of para-hydroxylation sites is 1. The summed E-state index contributed by atoms with van der Waals surface area (Å²) in [6, 6.07) is 12.3. The number of aromatic amines is 1. The van der Waals surface area contributed by atoms with Crippen molar-refractivity contribution in [2.75, 3.05) is 26.2 Å². The first-order valence-corrected chi connectivity index (χ1v) is 7.67. The average Bonchev–Trinajstić information content (AvgIpc) is 2.98. The van der Waals surface area contributed by atoms with Crippen LogP contribution in [0.4, 0.5) is 0 Å². The molecule has 5 nitrogen and oxygen atoms in total. The summed E-state index contributed by atoms with van der Waals surface area (Å²) < 4.78 is 0. The summed E-state index contributed by atoms with van der Waals surface area (Å²) in [4.78, 5) is 20.0. The molecule has 5 heteroatoms. The Balaban J connectivity index is 1.66. The van der Waals surface area contributed by atoms with Gasteiger partial charge in [0, 0.05) is 43.1 Å². The van der Waals surface area contributed by atoms with E-state index in [1.807, 2.05) is 35.2 Å². The number of aromatic nitrogens is 1. The van der Waals surface area contributed by atoms with E-state index in [2.05, 4.69) is 22.9 Å². The van der Waals surface area contributed by atoms with Crippen molar-refractivity contribution >= 4 is 16.8 Å². The lowest BCUT2D eigenvalue weighted by Gasteiger charge is -2.37. The molecule has 1 fully saturated rings. The Hall–Kier alpha value is -2.32. The van der Waals surface area contributed by atoms with Gasteiger partial charge in [0.1, 0.15) is 5.69 Å². The molecule has 2 aromatic rings. The zero-order valence-corrected chi connectivity index (χ0v) is 12.7. The van der Waals surface area contributed by atoms with Crippen molar-refractivity contribution in [2.24, 2.45) is 0 Å². The number of rotatable bonds is 3. The number of piperazine rings is 1. The summed E-state index contributed by atoms with van der Waals surface area (Å²) in [5.41, 5.74) is 1.65. The summed E-state index contributed by atoms with van der Waals surface area (Å²) in [7, 11) is 0. The minimum absolute atomic E-state index is 0.0591. The van der Waals surface area contributed by atoms with Crippen LogP contribution in [0.3, 0.4) is 0 Å². The van der Waals surface area contributed by atoms with Crippen LogP contribution in [0.25, 0.3) is 10.9 Å². The predicted octanol–water partition coefficient (Wildman–Crippen LogP) is 2.23. The molecule has 1 aliphatic rings. The first-order chi connectivity index (χ1) is 10.7. The molecule has 0 spiro atoms. The topological polar surface area (TPSA) is 63.1 Å². The van der Waals surface area contributed by atoms with Gasteiger partial charge in [-0.2, -0.15) is 5.26 Å². The van der Waals surface area contributed by atoms with Crippen molar-refractivity contribution in [3.8, 4) is 6.07 Å². The summed E-state index contributed by atoms with van der Waals surface area (Å²) >= 11 is 0. The van der Waals surface area contributed by atoms with Gasteiger partial charge in [-0.3, -0.25) is 9.69 Å². The molecule has 1 aromatic carbocycles. The molecule has 114 valence electrons. The van der Waals surface area contributed by atoms with Gasteiger partial charge in [-0.15, -0.1) is 0 Å². The van der Waals surface area contributed by atoms with Gasteiger partial charge in [0.25, 0.3) is 5.91 Å². The van der Waals surface area contributed by atoms with Crippen molar-refractivity contribution in [3.05, 3.63) is 36.0 Å². The SMILES string of the molecule is CC(CC#N)N1CCN(C(=O)c2cc3ccccc3[nH]2)CC1. The van der Waals surface area contributed by atoms with Gasteiger partial charge in [-0.25, -0.2) is 0 Å². The Labute approximate surface area is 130 Å². The number of nitriles is 1. The molecule has 0 bridgehead atoms. The molecule has 22 heavy (non-hydrogen) atoms. The van der Waals surface area contributed by atoms with Crippen LogP contribution in [-0.2, 0) is 0 Å². The van der Waals surface area contributed by atoms with E-state index in [-0.39, 0.29) is 11.9 Å². The van der Waals surface area contributed by atoms with Crippen LogP contribution in [0, 0.1) is 11.3 Å². The highest BCUT2D eigenvalue weighted by Crippen LogP contribution is 2.17. The Kier molecular flexibility index (Phi) is 4.12. The fraction of sp³-hybridized carbons (Fsp3) is 0.412. The van der Waals surface area contributed by atoms with Crippen molar-refractivity contribution in [2.45, 2.75) is 19.4 Å². The number of nitrogens with zero attached hydrogens (tertiary/aromatic N) is 3. The summed E-state index contributed by atoms with van der Waals surface area (Å²) in [6.07, 6.45) is 0.538. The first-order valence-electron chi connectivity index (χ1n) is 7.67. The van der Waals surface area contributed by atoms with Gasteiger partial charge in [-0.1, -0.05) is 18.2 Å². The van der Waals surface area contributed by atoms with Crippen molar-refractivity contribution < 1.29 is 4.79 Å². The van der Waals surface area contributed by atoms with E-state index < -0.39 is 0 Å². The van der Waals surface area contributed by atoms with E-state index >= 15 is 0 Å². The van der Waals surface area contributed by atoms with Crippen LogP contribution in [0.5, 0.6) is 0 Å². The van der Waals surface area contributed by atoms with E-state index in [1.54, 1.807) is 0 Å². The van der Waals surface area contributed by atoms with E-state index in [9.17, 15) is 4.79 Å². The Morgan fingerprint density at radius 3 is 2.73 bits per heavy atom. The molecule has 1 unspecified atom stereocenters. The van der Waals surface area contributed by atoms with Crippen LogP contribution >= 0.6 is 0 Å². The molecule has 1 aromatic heterocycles. The average molecular weight is 296 g/mol. The number of carbonyl (C=O) groups excluding carboxylic acids is 1. The molecule has 0 saturated carbocycles. The fourth-order valence-electron chi connectivity index (χ4n) is 2.99. The second kappa shape index (κ2) is 6.20. The van der Waals surface area contributed by atoms with Gasteiger partial charge >= 0.3 is 0 Å². The van der Waals surface area contributed by atoms with E-state index in [4.69, 9.17) is 5.26 Å². The number of amides is 1. The minimum atomic E-state index is 0.0591. The normalized spacial score (nSPS) is 17.4. The maximum Gasteiger partial charge on any atom is 0.270 e. The Bertz CT molecular complexity index is 674. The van der Waals surface area contributed by atoms with Crippen LogP contribution in [-0.4, -0.2) is 52.9 Å². The molecule has 3 rings (SSSR count). The van der Waals surface area contributed by atoms with Gasteiger partial charge in [0.05, 0.1) is 12.5 Å². The first kappa shape index (κ1) is 14.6. The second-order valence-corrected chi connectivity index (χ2v) is 5.81. The number of nitrogens with one attached hydrogen (secondary N) is 1. The fourth-order valence-corrected chi connectivity index (χ4v) is 2.99. The van der Waals surface area contributed by atoms with E-state index in [1.165, 1.54) is 0 Å². The molecule has 0 radical (unpaired) electrons. The minimum Gasteiger partial charge on any atom is -0.351 e. The third-order valence-electron chi connectivity index (χ3n) is 4.37. The number of benzene rings is 1. The zero-order chi connectivity index (χ0) is 15.5. The van der Waals surface area contributed by atoms with Gasteiger partial charge in [-0.05, 0) is 19.1 Å². The highest BCUT2D eigenvalue weighted by Gasteiger charge is 2.25. The smallest absolute Gasteiger partial charge is 0.270 e. The molecule has 1 atom stereocenters. The third kappa shape index (κ3) is 2.83. The highest BCUT2D eigenvalue weighted by molar-refractivity contribution is 5.98. The van der Waals surface area contributed by atoms with Crippen LogP contribution < -0.4 is 0 Å². The van der Waals surface area contributed by atoms with Gasteiger partial charge in [0.2, 0.25) is 0 Å². The van der Waals surface area contributed by atoms with E-state index in [0.29, 0.717) is 25.2 Å². The molecular weight excluding hydrogens is 276 g/mol. The molecular formula is C17H20N4O. The molecule has 1 saturated heterocycles. The standard InChI is InChI=1S/C17H20N4O/c1-13(6-7-18)20-8-10-21(11-9-20)17(22)16-12-14-4-2-3-5-15(14)19-16/h2-5,12-13,19H,6,8-11H2,1H3. The Morgan fingerprint density at radius 2 is 2.05 bits per heavy atom. The van der Waals surface area contributed by atoms with Crippen LogP contribution in [0.2, 0.25) is 0 Å². The lowest BCUT2D eigenvalue weighted by atomic mass is 10.2. The lowest BCUT2D eigenvalue weighted by Crippen LogP contribution is -2.51. The lowest BCUT2D eigenvalue weighted by molar-refractivity contribution is 0.0581. The molecule has 1 N–H and O–H groups in total. The molecule has 1 aliphatic heterocycles. The van der Waals surface area contributed by atoms with Crippen LogP contribution in [0.15, 0.2) is 30.3 Å². The maximum absolute atomic E-state index is 12.6. The second-order valence-electron chi connectivity index (χ2n) is 5.81. The summed E-state index contributed by atoms with van der Waals surface area (Å²) in [5.74, 6) is 0.0591. The number of carbonyl (C=O) groups is 1. The van der Waals surface area contributed by atoms with Crippen molar-refractivity contribution in [3.63, 3.8) is 0 Å². The highest BCUT2D eigenvalue weighted by atomic mass is 16.2. The van der Waals surface area contributed by atoms with Gasteiger partial charge < -0.3 is 9.88 Å². The molecule has 1 amide bonds. The number of H-pyrrole nitrogens is 1. The van der Waals surface area contributed by atoms with Crippen molar-refractivity contribution in [1.82, 2.24) is 14.8 Å². The molecule has 0 aliphatic carbocycles. The maximum atomic E-state index is 12.6. The largest absolute Gasteiger partial charge is 0.351 e. The number of hydrogen-bond donors (Lipinski definition) is 1. The monoisotopic (exact) mass is 296 g/mol. The van der Waals surface area contributed by atoms with Gasteiger partial charge in [0.15, 0.2) is 0 Å². The third-order valence-corrected chi connectivity index (χ3v) is 4.37. The molecule has 2 heterocycles.